The molecule has 2 rings (SSSR count). The van der Waals surface area contributed by atoms with Crippen molar-refractivity contribution in [3.05, 3.63) is 34.9 Å². The van der Waals surface area contributed by atoms with Crippen molar-refractivity contribution in [2.75, 3.05) is 7.11 Å². The lowest BCUT2D eigenvalue weighted by Crippen LogP contribution is -2.22. The van der Waals surface area contributed by atoms with Crippen molar-refractivity contribution in [2.24, 2.45) is 5.92 Å². The number of aryl methyl sites for hydroxylation is 1. The number of hydrogen-bond donors (Lipinski definition) is 1. The van der Waals surface area contributed by atoms with Crippen LogP contribution in [0.1, 0.15) is 23.1 Å². The first kappa shape index (κ1) is 11.1. The van der Waals surface area contributed by atoms with Gasteiger partial charge >= 0.3 is 5.97 Å². The summed E-state index contributed by atoms with van der Waals surface area (Å²) in [4.78, 5) is 10.9. The molecule has 0 aromatic heterocycles. The van der Waals surface area contributed by atoms with E-state index in [1.807, 2.05) is 12.1 Å². The zero-order valence-electron chi connectivity index (χ0n) is 9.40. The van der Waals surface area contributed by atoms with E-state index in [4.69, 9.17) is 9.84 Å². The highest BCUT2D eigenvalue weighted by Gasteiger charge is 2.23. The summed E-state index contributed by atoms with van der Waals surface area (Å²) in [6.45, 7) is 0.621. The molecule has 0 unspecified atom stereocenters. The quantitative estimate of drug-likeness (QED) is 0.847. The lowest BCUT2D eigenvalue weighted by Gasteiger charge is -2.22. The maximum atomic E-state index is 10.9. The highest BCUT2D eigenvalue weighted by atomic mass is 16.5. The molecule has 1 aliphatic rings. The van der Waals surface area contributed by atoms with Crippen LogP contribution < -0.4 is 0 Å². The van der Waals surface area contributed by atoms with Gasteiger partial charge in [-0.15, -0.1) is 0 Å². The molecule has 3 heteroatoms. The van der Waals surface area contributed by atoms with E-state index in [2.05, 4.69) is 6.07 Å². The summed E-state index contributed by atoms with van der Waals surface area (Å²) < 4.78 is 5.08. The van der Waals surface area contributed by atoms with E-state index in [1.54, 1.807) is 7.11 Å². The number of aliphatic carboxylic acids is 1. The summed E-state index contributed by atoms with van der Waals surface area (Å²) in [5.74, 6) is -0.882. The molecule has 1 aromatic rings. The SMILES string of the molecule is COCc1ccc2c(c1)CC[C@H](C(=O)O)C2. The molecular formula is C13H16O3. The van der Waals surface area contributed by atoms with Crippen LogP contribution in [0.5, 0.6) is 0 Å². The zero-order chi connectivity index (χ0) is 11.5. The van der Waals surface area contributed by atoms with Crippen LogP contribution in [0.2, 0.25) is 0 Å². The molecule has 0 radical (unpaired) electrons. The molecule has 86 valence electrons. The second kappa shape index (κ2) is 4.66. The maximum absolute atomic E-state index is 10.9. The third-order valence-corrected chi connectivity index (χ3v) is 3.16. The van der Waals surface area contributed by atoms with Crippen molar-refractivity contribution in [1.82, 2.24) is 0 Å². The Morgan fingerprint density at radius 2 is 2.31 bits per heavy atom. The van der Waals surface area contributed by atoms with E-state index in [1.165, 1.54) is 11.1 Å². The van der Waals surface area contributed by atoms with Gasteiger partial charge in [-0.2, -0.15) is 0 Å². The molecule has 0 saturated heterocycles. The van der Waals surface area contributed by atoms with Crippen LogP contribution in [0.3, 0.4) is 0 Å². The monoisotopic (exact) mass is 220 g/mol. The van der Waals surface area contributed by atoms with Crippen LogP contribution in [0.15, 0.2) is 18.2 Å². The van der Waals surface area contributed by atoms with Crippen molar-refractivity contribution in [2.45, 2.75) is 25.9 Å². The van der Waals surface area contributed by atoms with Gasteiger partial charge in [0, 0.05) is 7.11 Å². The summed E-state index contributed by atoms with van der Waals surface area (Å²) in [7, 11) is 1.68. The Morgan fingerprint density at radius 1 is 1.50 bits per heavy atom. The molecular weight excluding hydrogens is 204 g/mol. The number of carbonyl (C=O) groups is 1. The van der Waals surface area contributed by atoms with Gasteiger partial charge in [-0.1, -0.05) is 18.2 Å². The summed E-state index contributed by atoms with van der Waals surface area (Å²) >= 11 is 0. The fourth-order valence-corrected chi connectivity index (χ4v) is 2.28. The fourth-order valence-electron chi connectivity index (χ4n) is 2.28. The van der Waals surface area contributed by atoms with Crippen LogP contribution in [0.4, 0.5) is 0 Å². The molecule has 0 bridgehead atoms. The number of carboxylic acid groups (broad SMARTS) is 1. The highest BCUT2D eigenvalue weighted by Crippen LogP contribution is 2.26. The normalized spacial score (nSPS) is 19.2. The molecule has 0 amide bonds. The number of rotatable bonds is 3. The van der Waals surface area contributed by atoms with Gasteiger partial charge in [0.25, 0.3) is 0 Å². The standard InChI is InChI=1S/C13H16O3/c1-16-8-9-2-3-11-7-12(13(14)15)5-4-10(11)6-9/h2-3,6,12H,4-5,7-8H2,1H3,(H,14,15)/t12-/m0/s1. The predicted molar refractivity (Wildman–Crippen MR) is 60.3 cm³/mol. The van der Waals surface area contributed by atoms with Crippen molar-refractivity contribution in [3.63, 3.8) is 0 Å². The largest absolute Gasteiger partial charge is 0.481 e. The second-order valence-corrected chi connectivity index (χ2v) is 4.31. The van der Waals surface area contributed by atoms with Gasteiger partial charge in [-0.3, -0.25) is 4.79 Å². The number of fused-ring (bicyclic) bond motifs is 1. The second-order valence-electron chi connectivity index (χ2n) is 4.31. The average Bonchev–Trinajstić information content (AvgIpc) is 2.28. The van der Waals surface area contributed by atoms with Crippen LogP contribution in [-0.2, 0) is 29.0 Å². The van der Waals surface area contributed by atoms with E-state index in [0.717, 1.165) is 18.4 Å². The third kappa shape index (κ3) is 2.25. The summed E-state index contributed by atoms with van der Waals surface area (Å²) in [6.07, 6.45) is 2.28. The molecule has 16 heavy (non-hydrogen) atoms. The van der Waals surface area contributed by atoms with Crippen molar-refractivity contribution in [1.29, 1.82) is 0 Å². The topological polar surface area (TPSA) is 46.5 Å². The first-order chi connectivity index (χ1) is 7.70. The van der Waals surface area contributed by atoms with Crippen molar-refractivity contribution >= 4 is 5.97 Å². The minimum absolute atomic E-state index is 0.208. The molecule has 0 aliphatic heterocycles. The summed E-state index contributed by atoms with van der Waals surface area (Å²) in [6, 6.07) is 6.20. The zero-order valence-corrected chi connectivity index (χ0v) is 9.40. The number of carboxylic acids is 1. The molecule has 3 nitrogen and oxygen atoms in total. The minimum atomic E-state index is -0.674. The van der Waals surface area contributed by atoms with Crippen LogP contribution in [-0.4, -0.2) is 18.2 Å². The number of benzene rings is 1. The number of methoxy groups -OCH3 is 1. The lowest BCUT2D eigenvalue weighted by molar-refractivity contribution is -0.142. The predicted octanol–water partition coefficient (Wildman–Crippen LogP) is 2.02. The van der Waals surface area contributed by atoms with Crippen molar-refractivity contribution in [3.8, 4) is 0 Å². The molecule has 1 aliphatic carbocycles. The van der Waals surface area contributed by atoms with E-state index in [9.17, 15) is 4.79 Å². The molecule has 0 fully saturated rings. The Kier molecular flexibility index (Phi) is 3.25. The third-order valence-electron chi connectivity index (χ3n) is 3.16. The maximum Gasteiger partial charge on any atom is 0.306 e. The van der Waals surface area contributed by atoms with E-state index in [0.29, 0.717) is 13.0 Å². The molecule has 1 aromatic carbocycles. The van der Waals surface area contributed by atoms with Gasteiger partial charge in [0.2, 0.25) is 0 Å². The van der Waals surface area contributed by atoms with Gasteiger partial charge in [-0.05, 0) is 36.0 Å². The van der Waals surface area contributed by atoms with Gasteiger partial charge < -0.3 is 9.84 Å². The molecule has 1 N–H and O–H groups in total. The van der Waals surface area contributed by atoms with Crippen LogP contribution in [0.25, 0.3) is 0 Å². The summed E-state index contributed by atoms with van der Waals surface area (Å²) in [5.41, 5.74) is 3.63. The molecule has 1 atom stereocenters. The van der Waals surface area contributed by atoms with E-state index in [-0.39, 0.29) is 5.92 Å². The molecule has 0 spiro atoms. The minimum Gasteiger partial charge on any atom is -0.481 e. The fraction of sp³-hybridized carbons (Fsp3) is 0.462. The van der Waals surface area contributed by atoms with Crippen LogP contribution >= 0.6 is 0 Å². The highest BCUT2D eigenvalue weighted by molar-refractivity contribution is 5.71. The Morgan fingerprint density at radius 3 is 3.00 bits per heavy atom. The van der Waals surface area contributed by atoms with Gasteiger partial charge in [0.1, 0.15) is 0 Å². The summed E-state index contributed by atoms with van der Waals surface area (Å²) in [5, 5.41) is 8.98. The first-order valence-electron chi connectivity index (χ1n) is 5.53. The van der Waals surface area contributed by atoms with Gasteiger partial charge in [-0.25, -0.2) is 0 Å². The van der Waals surface area contributed by atoms with E-state index >= 15 is 0 Å². The number of hydrogen-bond acceptors (Lipinski definition) is 2. The van der Waals surface area contributed by atoms with Gasteiger partial charge in [0.15, 0.2) is 0 Å². The first-order valence-corrected chi connectivity index (χ1v) is 5.53. The van der Waals surface area contributed by atoms with Crippen molar-refractivity contribution < 1.29 is 14.6 Å². The van der Waals surface area contributed by atoms with E-state index < -0.39 is 5.97 Å². The Hall–Kier alpha value is -1.35. The Labute approximate surface area is 95.0 Å². The van der Waals surface area contributed by atoms with Crippen LogP contribution in [0, 0.1) is 5.92 Å². The smallest absolute Gasteiger partial charge is 0.306 e. The van der Waals surface area contributed by atoms with Gasteiger partial charge in [0.05, 0.1) is 12.5 Å². The average molecular weight is 220 g/mol. The lowest BCUT2D eigenvalue weighted by atomic mass is 9.83. The Bertz CT molecular complexity index is 398. The molecule has 0 saturated carbocycles. The molecule has 0 heterocycles. The Balaban J connectivity index is 2.18. The number of ether oxygens (including phenoxy) is 1.